The number of carbonyl (C=O) groups is 2. The maximum absolute atomic E-state index is 12.6. The number of nitrogens with one attached hydrogen (secondary N) is 1. The highest BCUT2D eigenvalue weighted by molar-refractivity contribution is 6.35. The van der Waals surface area contributed by atoms with Gasteiger partial charge < -0.3 is 21.7 Å². The van der Waals surface area contributed by atoms with Crippen LogP contribution in [0.5, 0.6) is 0 Å². The fourth-order valence-corrected chi connectivity index (χ4v) is 3.04. The lowest BCUT2D eigenvalue weighted by atomic mass is 9.99. The fourth-order valence-electron chi connectivity index (χ4n) is 2.64. The highest BCUT2D eigenvalue weighted by Gasteiger charge is 2.15. The lowest BCUT2D eigenvalue weighted by molar-refractivity contribution is 0.0952. The van der Waals surface area contributed by atoms with Gasteiger partial charge in [0.05, 0.1) is 0 Å². The van der Waals surface area contributed by atoms with Crippen LogP contribution in [0.15, 0.2) is 41.4 Å². The molecule has 2 amide bonds. The Hall–Kier alpha value is -2.61. The molecule has 29 heavy (non-hydrogen) atoms. The quantitative estimate of drug-likeness (QED) is 0.351. The second kappa shape index (κ2) is 10.2. The summed E-state index contributed by atoms with van der Waals surface area (Å²) in [5.74, 6) is -1.34. The fraction of sp³-hybridized carbons (Fsp3) is 0.250. The smallest absolute Gasteiger partial charge is 0.280 e. The summed E-state index contributed by atoms with van der Waals surface area (Å²) in [5.41, 5.74) is 12.2. The maximum Gasteiger partial charge on any atom is 0.280 e. The molecule has 0 aliphatic heterocycles. The SMILES string of the molecule is CN(C)CCCNC(=O)c1cc(C(=O)N=C(N)N)cc(-c2cc(Cl)ccc2Cl)c1. The number of carbonyl (C=O) groups excluding carboxylic acids is 2. The van der Waals surface area contributed by atoms with Gasteiger partial charge in [0.15, 0.2) is 5.96 Å². The Bertz CT molecular complexity index is 940. The molecule has 0 radical (unpaired) electrons. The zero-order valence-corrected chi connectivity index (χ0v) is 17.7. The van der Waals surface area contributed by atoms with Gasteiger partial charge in [-0.05, 0) is 69.0 Å². The third-order valence-corrected chi connectivity index (χ3v) is 4.54. The Morgan fingerprint density at radius 2 is 1.76 bits per heavy atom. The van der Waals surface area contributed by atoms with Crippen LogP contribution >= 0.6 is 23.2 Å². The lowest BCUT2D eigenvalue weighted by Gasteiger charge is -2.12. The number of benzene rings is 2. The van der Waals surface area contributed by atoms with Crippen LogP contribution in [0.1, 0.15) is 27.1 Å². The number of halogens is 2. The van der Waals surface area contributed by atoms with E-state index in [-0.39, 0.29) is 23.0 Å². The molecule has 2 rings (SSSR count). The predicted molar refractivity (Wildman–Crippen MR) is 118 cm³/mol. The summed E-state index contributed by atoms with van der Waals surface area (Å²) in [6, 6.07) is 9.61. The molecule has 0 unspecified atom stereocenters. The molecule has 0 aliphatic rings. The zero-order chi connectivity index (χ0) is 21.6. The van der Waals surface area contributed by atoms with E-state index in [0.717, 1.165) is 13.0 Å². The van der Waals surface area contributed by atoms with Crippen molar-refractivity contribution in [1.29, 1.82) is 0 Å². The van der Waals surface area contributed by atoms with Crippen LogP contribution in [-0.4, -0.2) is 49.9 Å². The first-order valence-corrected chi connectivity index (χ1v) is 9.60. The Morgan fingerprint density at radius 1 is 1.07 bits per heavy atom. The van der Waals surface area contributed by atoms with E-state index in [9.17, 15) is 9.59 Å². The van der Waals surface area contributed by atoms with Crippen molar-refractivity contribution in [2.45, 2.75) is 6.42 Å². The Morgan fingerprint density at radius 3 is 2.41 bits per heavy atom. The summed E-state index contributed by atoms with van der Waals surface area (Å²) in [6.45, 7) is 1.34. The minimum absolute atomic E-state index is 0.158. The summed E-state index contributed by atoms with van der Waals surface area (Å²) in [6.07, 6.45) is 0.790. The molecule has 0 saturated heterocycles. The summed E-state index contributed by atoms with van der Waals surface area (Å²) in [7, 11) is 3.92. The molecule has 2 aromatic carbocycles. The van der Waals surface area contributed by atoms with Crippen LogP contribution in [0, 0.1) is 0 Å². The van der Waals surface area contributed by atoms with Crippen LogP contribution in [0.3, 0.4) is 0 Å². The Labute approximate surface area is 179 Å². The number of nitrogens with zero attached hydrogens (tertiary/aromatic N) is 2. The highest BCUT2D eigenvalue weighted by atomic mass is 35.5. The van der Waals surface area contributed by atoms with E-state index in [1.165, 1.54) is 6.07 Å². The second-order valence-corrected chi connectivity index (χ2v) is 7.52. The highest BCUT2D eigenvalue weighted by Crippen LogP contribution is 2.32. The van der Waals surface area contributed by atoms with Crippen molar-refractivity contribution < 1.29 is 9.59 Å². The molecule has 0 heterocycles. The largest absolute Gasteiger partial charge is 0.370 e. The molecule has 0 bridgehead atoms. The summed E-state index contributed by atoms with van der Waals surface area (Å²) in [4.78, 5) is 30.6. The summed E-state index contributed by atoms with van der Waals surface area (Å²) >= 11 is 12.4. The molecule has 154 valence electrons. The molecular weight excluding hydrogens is 413 g/mol. The third-order valence-electron chi connectivity index (χ3n) is 3.98. The van der Waals surface area contributed by atoms with Crippen LogP contribution in [0.25, 0.3) is 11.1 Å². The van der Waals surface area contributed by atoms with E-state index in [0.29, 0.717) is 27.7 Å². The third kappa shape index (κ3) is 6.74. The molecule has 0 aliphatic carbocycles. The number of hydrogen-bond donors (Lipinski definition) is 3. The minimum atomic E-state index is -0.661. The van der Waals surface area contributed by atoms with Crippen molar-refractivity contribution in [2.24, 2.45) is 16.5 Å². The van der Waals surface area contributed by atoms with E-state index >= 15 is 0 Å². The lowest BCUT2D eigenvalue weighted by Crippen LogP contribution is -2.27. The zero-order valence-electron chi connectivity index (χ0n) is 16.2. The van der Waals surface area contributed by atoms with Crippen molar-refractivity contribution in [2.75, 3.05) is 27.2 Å². The Kier molecular flexibility index (Phi) is 8.01. The van der Waals surface area contributed by atoms with Gasteiger partial charge in [-0.1, -0.05) is 23.2 Å². The van der Waals surface area contributed by atoms with Gasteiger partial charge >= 0.3 is 0 Å². The molecule has 9 heteroatoms. The molecule has 2 aromatic rings. The van der Waals surface area contributed by atoms with E-state index in [2.05, 4.69) is 10.3 Å². The van der Waals surface area contributed by atoms with Gasteiger partial charge in [0.25, 0.3) is 11.8 Å². The molecule has 7 nitrogen and oxygen atoms in total. The first kappa shape index (κ1) is 22.7. The van der Waals surface area contributed by atoms with E-state index in [4.69, 9.17) is 34.7 Å². The topological polar surface area (TPSA) is 114 Å². The molecule has 0 fully saturated rings. The van der Waals surface area contributed by atoms with Gasteiger partial charge in [-0.3, -0.25) is 9.59 Å². The van der Waals surface area contributed by atoms with Crippen molar-refractivity contribution in [1.82, 2.24) is 10.2 Å². The Balaban J connectivity index is 2.42. The average molecular weight is 436 g/mol. The normalized spacial score (nSPS) is 10.7. The molecular formula is C20H23Cl2N5O2. The number of rotatable bonds is 7. The van der Waals surface area contributed by atoms with Gasteiger partial charge in [-0.15, -0.1) is 0 Å². The van der Waals surface area contributed by atoms with Crippen LogP contribution in [0.2, 0.25) is 10.0 Å². The van der Waals surface area contributed by atoms with Crippen LogP contribution in [-0.2, 0) is 0 Å². The summed E-state index contributed by atoms with van der Waals surface area (Å²) in [5, 5.41) is 3.75. The van der Waals surface area contributed by atoms with Gasteiger partial charge in [0.2, 0.25) is 0 Å². The number of nitrogens with two attached hydrogens (primary N) is 2. The number of hydrogen-bond acceptors (Lipinski definition) is 3. The standard InChI is InChI=1S/C20H23Cl2N5O2/c1-27(2)7-3-6-25-18(28)13-8-12(16-11-15(21)4-5-17(16)22)9-14(10-13)19(29)26-20(23)24/h4-5,8-11H,3,6-7H2,1-2H3,(H,25,28)(H4,23,24,26,29). The van der Waals surface area contributed by atoms with Crippen LogP contribution in [0.4, 0.5) is 0 Å². The van der Waals surface area contributed by atoms with Gasteiger partial charge in [0.1, 0.15) is 0 Å². The maximum atomic E-state index is 12.6. The molecule has 0 spiro atoms. The van der Waals surface area contributed by atoms with Gasteiger partial charge in [-0.2, -0.15) is 4.99 Å². The number of amides is 2. The first-order valence-electron chi connectivity index (χ1n) is 8.85. The predicted octanol–water partition coefficient (Wildman–Crippen LogP) is 2.76. The van der Waals surface area contributed by atoms with Gasteiger partial charge in [0, 0.05) is 33.3 Å². The van der Waals surface area contributed by atoms with Crippen molar-refractivity contribution in [3.05, 3.63) is 57.6 Å². The number of aliphatic imine (C=N–C) groups is 1. The van der Waals surface area contributed by atoms with Crippen molar-refractivity contribution in [3.63, 3.8) is 0 Å². The van der Waals surface area contributed by atoms with Gasteiger partial charge in [-0.25, -0.2) is 0 Å². The molecule has 0 saturated carbocycles. The molecule has 0 aromatic heterocycles. The van der Waals surface area contributed by atoms with E-state index in [1.54, 1.807) is 30.3 Å². The van der Waals surface area contributed by atoms with Crippen molar-refractivity contribution in [3.8, 4) is 11.1 Å². The minimum Gasteiger partial charge on any atom is -0.370 e. The van der Waals surface area contributed by atoms with Crippen molar-refractivity contribution >= 4 is 41.0 Å². The molecule has 5 N–H and O–H groups in total. The van der Waals surface area contributed by atoms with E-state index in [1.807, 2.05) is 19.0 Å². The average Bonchev–Trinajstić information content (AvgIpc) is 2.65. The number of guanidine groups is 1. The second-order valence-electron chi connectivity index (χ2n) is 6.68. The molecule has 0 atom stereocenters. The monoisotopic (exact) mass is 435 g/mol. The summed E-state index contributed by atoms with van der Waals surface area (Å²) < 4.78 is 0. The van der Waals surface area contributed by atoms with E-state index < -0.39 is 5.91 Å². The first-order chi connectivity index (χ1) is 13.7. The van der Waals surface area contributed by atoms with Crippen LogP contribution < -0.4 is 16.8 Å².